The van der Waals surface area contributed by atoms with Gasteiger partial charge in [0.2, 0.25) is 0 Å². The molecule has 1 heterocycles. The Kier molecular flexibility index (Phi) is 6.71. The number of nitrogens with zero attached hydrogens (tertiary/aromatic N) is 2. The van der Waals surface area contributed by atoms with Gasteiger partial charge in [0.05, 0.1) is 5.01 Å². The van der Waals surface area contributed by atoms with E-state index >= 15 is 0 Å². The monoisotopic (exact) mass is 369 g/mol. The SMILES string of the molecule is Cl.NCCc1nc(C(=O)N(CCc2cccc(F)c2)C2CC2)cs1. The predicted molar refractivity (Wildman–Crippen MR) is 96.3 cm³/mol. The van der Waals surface area contributed by atoms with Gasteiger partial charge in [-0.3, -0.25) is 4.79 Å². The Morgan fingerprint density at radius 3 is 2.83 bits per heavy atom. The molecule has 2 aromatic rings. The summed E-state index contributed by atoms with van der Waals surface area (Å²) in [6.07, 6.45) is 3.42. The lowest BCUT2D eigenvalue weighted by atomic mass is 10.1. The van der Waals surface area contributed by atoms with Gasteiger partial charge in [-0.25, -0.2) is 9.37 Å². The van der Waals surface area contributed by atoms with Crippen LogP contribution in [0.2, 0.25) is 0 Å². The maximum absolute atomic E-state index is 13.3. The van der Waals surface area contributed by atoms with Crippen LogP contribution in [-0.2, 0) is 12.8 Å². The quantitative estimate of drug-likeness (QED) is 0.816. The summed E-state index contributed by atoms with van der Waals surface area (Å²) >= 11 is 1.48. The molecule has 3 rings (SSSR count). The fourth-order valence-corrected chi connectivity index (χ4v) is 3.36. The van der Waals surface area contributed by atoms with Crippen LogP contribution < -0.4 is 5.73 Å². The number of hydrogen-bond donors (Lipinski definition) is 1. The van der Waals surface area contributed by atoms with Crippen LogP contribution in [0.5, 0.6) is 0 Å². The van der Waals surface area contributed by atoms with Gasteiger partial charge in [-0.1, -0.05) is 12.1 Å². The molecule has 2 N–H and O–H groups in total. The molecule has 0 unspecified atom stereocenters. The second-order valence-electron chi connectivity index (χ2n) is 5.77. The first-order valence-electron chi connectivity index (χ1n) is 7.87. The van der Waals surface area contributed by atoms with Gasteiger partial charge in [0.15, 0.2) is 0 Å². The molecule has 1 fully saturated rings. The first-order chi connectivity index (χ1) is 11.2. The highest BCUT2D eigenvalue weighted by Crippen LogP contribution is 2.28. The number of carbonyl (C=O) groups is 1. The molecule has 1 aromatic carbocycles. The maximum Gasteiger partial charge on any atom is 0.273 e. The number of halogens is 2. The Morgan fingerprint density at radius 1 is 1.38 bits per heavy atom. The summed E-state index contributed by atoms with van der Waals surface area (Å²) in [5.74, 6) is -0.263. The van der Waals surface area contributed by atoms with Crippen molar-refractivity contribution in [3.05, 3.63) is 51.7 Å². The smallest absolute Gasteiger partial charge is 0.273 e. The topological polar surface area (TPSA) is 59.2 Å². The van der Waals surface area contributed by atoms with Crippen LogP contribution >= 0.6 is 23.7 Å². The van der Waals surface area contributed by atoms with Gasteiger partial charge in [-0.15, -0.1) is 23.7 Å². The van der Waals surface area contributed by atoms with Gasteiger partial charge in [-0.05, 0) is 43.5 Å². The lowest BCUT2D eigenvalue weighted by molar-refractivity contribution is 0.0739. The Bertz CT molecular complexity index is 690. The van der Waals surface area contributed by atoms with Crippen LogP contribution in [0, 0.1) is 5.82 Å². The Hall–Kier alpha value is -1.50. The Balaban J connectivity index is 0.00000208. The fraction of sp³-hybridized carbons (Fsp3) is 0.412. The number of aromatic nitrogens is 1. The van der Waals surface area contributed by atoms with Crippen molar-refractivity contribution >= 4 is 29.7 Å². The zero-order valence-corrected chi connectivity index (χ0v) is 14.9. The average molecular weight is 370 g/mol. The molecular weight excluding hydrogens is 349 g/mol. The fourth-order valence-electron chi connectivity index (χ4n) is 2.57. The first kappa shape index (κ1) is 18.8. The van der Waals surface area contributed by atoms with Crippen molar-refractivity contribution in [2.75, 3.05) is 13.1 Å². The zero-order valence-electron chi connectivity index (χ0n) is 13.3. The van der Waals surface area contributed by atoms with Crippen molar-refractivity contribution in [1.29, 1.82) is 0 Å². The molecule has 130 valence electrons. The molecule has 0 radical (unpaired) electrons. The molecule has 0 atom stereocenters. The van der Waals surface area contributed by atoms with E-state index in [0.717, 1.165) is 23.4 Å². The lowest BCUT2D eigenvalue weighted by Gasteiger charge is -2.21. The molecule has 1 amide bonds. The van der Waals surface area contributed by atoms with Crippen LogP contribution in [0.25, 0.3) is 0 Å². The minimum atomic E-state index is -0.238. The summed E-state index contributed by atoms with van der Waals surface area (Å²) in [5.41, 5.74) is 6.94. The van der Waals surface area contributed by atoms with Gasteiger partial charge in [-0.2, -0.15) is 0 Å². The highest BCUT2D eigenvalue weighted by Gasteiger charge is 2.33. The van der Waals surface area contributed by atoms with Crippen LogP contribution in [-0.4, -0.2) is 34.9 Å². The van der Waals surface area contributed by atoms with E-state index in [4.69, 9.17) is 5.73 Å². The average Bonchev–Trinajstić information content (AvgIpc) is 3.26. The van der Waals surface area contributed by atoms with Crippen molar-refractivity contribution < 1.29 is 9.18 Å². The molecular formula is C17H21ClFN3OS. The molecule has 7 heteroatoms. The van der Waals surface area contributed by atoms with E-state index in [1.807, 2.05) is 16.3 Å². The molecule has 0 spiro atoms. The molecule has 0 bridgehead atoms. The number of rotatable bonds is 7. The van der Waals surface area contributed by atoms with E-state index in [2.05, 4.69) is 4.98 Å². The van der Waals surface area contributed by atoms with Gasteiger partial charge in [0.25, 0.3) is 5.91 Å². The van der Waals surface area contributed by atoms with Crippen LogP contribution in [0.3, 0.4) is 0 Å². The standard InChI is InChI=1S/C17H20FN3OS.ClH/c18-13-3-1-2-12(10-13)7-9-21(14-4-5-14)17(22)15-11-23-16(20-15)6-8-19;/h1-3,10-11,14H,4-9,19H2;1H. The number of hydrogen-bond acceptors (Lipinski definition) is 4. The molecule has 1 saturated carbocycles. The largest absolute Gasteiger partial charge is 0.334 e. The highest BCUT2D eigenvalue weighted by molar-refractivity contribution is 7.09. The van der Waals surface area contributed by atoms with Crippen molar-refractivity contribution in [1.82, 2.24) is 9.88 Å². The summed E-state index contributed by atoms with van der Waals surface area (Å²) in [6.45, 7) is 1.13. The van der Waals surface area contributed by atoms with Crippen LogP contribution in [0.4, 0.5) is 4.39 Å². The lowest BCUT2D eigenvalue weighted by Crippen LogP contribution is -2.35. The number of carbonyl (C=O) groups excluding carboxylic acids is 1. The zero-order chi connectivity index (χ0) is 16.2. The van der Waals surface area contributed by atoms with E-state index in [9.17, 15) is 9.18 Å². The van der Waals surface area contributed by atoms with E-state index in [0.29, 0.717) is 37.7 Å². The van der Waals surface area contributed by atoms with Crippen LogP contribution in [0.15, 0.2) is 29.6 Å². The third kappa shape index (κ3) is 4.75. The van der Waals surface area contributed by atoms with Gasteiger partial charge in [0.1, 0.15) is 11.5 Å². The van der Waals surface area contributed by atoms with E-state index in [1.54, 1.807) is 6.07 Å². The Morgan fingerprint density at radius 2 is 2.17 bits per heavy atom. The molecule has 1 aromatic heterocycles. The van der Waals surface area contributed by atoms with Gasteiger partial charge < -0.3 is 10.6 Å². The number of amides is 1. The highest BCUT2D eigenvalue weighted by atomic mass is 35.5. The minimum absolute atomic E-state index is 0. The van der Waals surface area contributed by atoms with Gasteiger partial charge >= 0.3 is 0 Å². The predicted octanol–water partition coefficient (Wildman–Crippen LogP) is 3.05. The molecule has 1 aliphatic rings. The number of thiazole rings is 1. The number of nitrogens with two attached hydrogens (primary N) is 1. The summed E-state index contributed by atoms with van der Waals surface area (Å²) in [6, 6.07) is 6.85. The summed E-state index contributed by atoms with van der Waals surface area (Å²) in [4.78, 5) is 19.0. The first-order valence-corrected chi connectivity index (χ1v) is 8.75. The molecule has 4 nitrogen and oxygen atoms in total. The number of benzene rings is 1. The summed E-state index contributed by atoms with van der Waals surface area (Å²) in [5, 5.41) is 2.71. The molecule has 24 heavy (non-hydrogen) atoms. The maximum atomic E-state index is 13.3. The van der Waals surface area contributed by atoms with Crippen molar-refractivity contribution in [2.24, 2.45) is 5.73 Å². The van der Waals surface area contributed by atoms with Crippen molar-refractivity contribution in [3.8, 4) is 0 Å². The van der Waals surface area contributed by atoms with E-state index < -0.39 is 0 Å². The second kappa shape index (κ2) is 8.55. The van der Waals surface area contributed by atoms with Crippen LogP contribution in [0.1, 0.15) is 33.9 Å². The van der Waals surface area contributed by atoms with Crippen molar-refractivity contribution in [2.45, 2.75) is 31.7 Å². The normalized spacial score (nSPS) is 13.4. The molecule has 1 aliphatic carbocycles. The summed E-state index contributed by atoms with van der Waals surface area (Å²) in [7, 11) is 0. The van der Waals surface area contributed by atoms with E-state index in [-0.39, 0.29) is 24.1 Å². The summed E-state index contributed by atoms with van der Waals surface area (Å²) < 4.78 is 13.3. The second-order valence-corrected chi connectivity index (χ2v) is 6.72. The van der Waals surface area contributed by atoms with E-state index in [1.165, 1.54) is 23.5 Å². The Labute approximate surface area is 151 Å². The third-order valence-electron chi connectivity index (χ3n) is 3.91. The van der Waals surface area contributed by atoms with Gasteiger partial charge in [0, 0.05) is 24.4 Å². The minimum Gasteiger partial charge on any atom is -0.334 e. The van der Waals surface area contributed by atoms with Crippen molar-refractivity contribution in [3.63, 3.8) is 0 Å². The molecule has 0 aliphatic heterocycles. The molecule has 0 saturated heterocycles. The third-order valence-corrected chi connectivity index (χ3v) is 4.82.